The zero-order valence-electron chi connectivity index (χ0n) is 16.9. The van der Waals surface area contributed by atoms with E-state index >= 15 is 0 Å². The number of carbonyl (C=O) groups excluding carboxylic acids is 2. The molecule has 0 fully saturated rings. The van der Waals surface area contributed by atoms with Crippen LogP contribution >= 0.6 is 23.4 Å². The minimum Gasteiger partial charge on any atom is -0.325 e. The predicted molar refractivity (Wildman–Crippen MR) is 120 cm³/mol. The molecule has 3 rings (SSSR count). The molecule has 156 valence electrons. The van der Waals surface area contributed by atoms with Gasteiger partial charge in [0, 0.05) is 23.4 Å². The van der Waals surface area contributed by atoms with Crippen molar-refractivity contribution in [2.24, 2.45) is 7.05 Å². The number of halogens is 1. The summed E-state index contributed by atoms with van der Waals surface area (Å²) in [7, 11) is 1.78. The van der Waals surface area contributed by atoms with Crippen molar-refractivity contribution in [3.63, 3.8) is 0 Å². The fourth-order valence-electron chi connectivity index (χ4n) is 2.69. The number of benzene rings is 2. The van der Waals surface area contributed by atoms with Crippen LogP contribution in [-0.2, 0) is 23.1 Å². The van der Waals surface area contributed by atoms with E-state index in [0.29, 0.717) is 21.7 Å². The van der Waals surface area contributed by atoms with Gasteiger partial charge in [-0.1, -0.05) is 35.5 Å². The van der Waals surface area contributed by atoms with Crippen LogP contribution in [0.15, 0.2) is 47.6 Å². The molecule has 9 heteroatoms. The van der Waals surface area contributed by atoms with Crippen LogP contribution in [0.25, 0.3) is 0 Å². The summed E-state index contributed by atoms with van der Waals surface area (Å²) in [6, 6.07) is 12.8. The van der Waals surface area contributed by atoms with Crippen molar-refractivity contribution in [2.75, 3.05) is 16.4 Å². The van der Waals surface area contributed by atoms with Gasteiger partial charge in [0.05, 0.1) is 12.2 Å². The van der Waals surface area contributed by atoms with Crippen molar-refractivity contribution in [1.82, 2.24) is 14.8 Å². The summed E-state index contributed by atoms with van der Waals surface area (Å²) in [6.45, 7) is 3.92. The minimum atomic E-state index is -0.170. The highest BCUT2D eigenvalue weighted by Crippen LogP contribution is 2.19. The number of rotatable bonds is 7. The normalized spacial score (nSPS) is 10.7. The molecule has 30 heavy (non-hydrogen) atoms. The lowest BCUT2D eigenvalue weighted by Gasteiger charge is -2.09. The van der Waals surface area contributed by atoms with Gasteiger partial charge < -0.3 is 15.2 Å². The molecule has 2 N–H and O–H groups in total. The van der Waals surface area contributed by atoms with Gasteiger partial charge in [0.2, 0.25) is 11.8 Å². The molecule has 1 aromatic heterocycles. The van der Waals surface area contributed by atoms with Gasteiger partial charge in [0.1, 0.15) is 5.82 Å². The maximum Gasteiger partial charge on any atom is 0.234 e. The maximum absolute atomic E-state index is 12.4. The number of carbonyl (C=O) groups is 2. The van der Waals surface area contributed by atoms with E-state index in [-0.39, 0.29) is 24.0 Å². The van der Waals surface area contributed by atoms with Crippen molar-refractivity contribution in [3.05, 3.63) is 64.4 Å². The Bertz CT molecular complexity index is 1070. The zero-order chi connectivity index (χ0) is 21.7. The molecule has 1 heterocycles. The van der Waals surface area contributed by atoms with Gasteiger partial charge in [-0.3, -0.25) is 9.59 Å². The number of hydrogen-bond acceptors (Lipinski definition) is 5. The molecular formula is C21H22ClN5O2S. The van der Waals surface area contributed by atoms with Crippen LogP contribution < -0.4 is 10.6 Å². The molecule has 2 aromatic carbocycles. The standard InChI is InChI=1S/C21H22ClN5O2S/c1-13-4-5-14(2)17(10-13)24-19(28)11-18-25-26-21(27(18)3)30-12-20(29)23-16-8-6-15(22)7-9-16/h4-10H,11-12H2,1-3H3,(H,23,29)(H,24,28). The number of aryl methyl sites for hydroxylation is 2. The molecule has 0 aliphatic carbocycles. The SMILES string of the molecule is Cc1ccc(C)c(NC(=O)Cc2nnc(SCC(=O)Nc3ccc(Cl)cc3)n2C)c1. The number of thioether (sulfide) groups is 1. The summed E-state index contributed by atoms with van der Waals surface area (Å²) >= 11 is 7.10. The first-order valence-corrected chi connectivity index (χ1v) is 10.6. The number of nitrogens with one attached hydrogen (secondary N) is 2. The third-order valence-corrected chi connectivity index (χ3v) is 5.64. The van der Waals surface area contributed by atoms with Crippen LogP contribution in [0.1, 0.15) is 17.0 Å². The largest absolute Gasteiger partial charge is 0.325 e. The van der Waals surface area contributed by atoms with Crippen LogP contribution in [0.3, 0.4) is 0 Å². The number of amides is 2. The summed E-state index contributed by atoms with van der Waals surface area (Å²) in [5.41, 5.74) is 3.53. The summed E-state index contributed by atoms with van der Waals surface area (Å²) in [5, 5.41) is 15.1. The topological polar surface area (TPSA) is 88.9 Å². The Hall–Kier alpha value is -2.84. The van der Waals surface area contributed by atoms with E-state index in [1.165, 1.54) is 11.8 Å². The number of anilines is 2. The molecular weight excluding hydrogens is 422 g/mol. The lowest BCUT2D eigenvalue weighted by molar-refractivity contribution is -0.116. The minimum absolute atomic E-state index is 0.0917. The van der Waals surface area contributed by atoms with Gasteiger partial charge in [0.25, 0.3) is 0 Å². The van der Waals surface area contributed by atoms with Gasteiger partial charge in [-0.2, -0.15) is 0 Å². The van der Waals surface area contributed by atoms with E-state index in [2.05, 4.69) is 20.8 Å². The lowest BCUT2D eigenvalue weighted by atomic mass is 10.1. The summed E-state index contributed by atoms with van der Waals surface area (Å²) < 4.78 is 1.73. The van der Waals surface area contributed by atoms with Crippen LogP contribution in [0.4, 0.5) is 11.4 Å². The average Bonchev–Trinajstić information content (AvgIpc) is 3.04. The lowest BCUT2D eigenvalue weighted by Crippen LogP contribution is -2.18. The van der Waals surface area contributed by atoms with Gasteiger partial charge >= 0.3 is 0 Å². The van der Waals surface area contributed by atoms with Crippen LogP contribution in [-0.4, -0.2) is 32.3 Å². The Kier molecular flexibility index (Phi) is 7.12. The second kappa shape index (κ2) is 9.77. The Morgan fingerprint density at radius 2 is 1.77 bits per heavy atom. The smallest absolute Gasteiger partial charge is 0.234 e. The molecule has 0 saturated carbocycles. The molecule has 0 aliphatic heterocycles. The third-order valence-electron chi connectivity index (χ3n) is 4.37. The Morgan fingerprint density at radius 1 is 1.03 bits per heavy atom. The molecule has 0 bridgehead atoms. The second-order valence-corrected chi connectivity index (χ2v) is 8.22. The maximum atomic E-state index is 12.4. The Morgan fingerprint density at radius 3 is 2.50 bits per heavy atom. The van der Waals surface area contributed by atoms with E-state index in [1.807, 2.05) is 32.0 Å². The fraction of sp³-hybridized carbons (Fsp3) is 0.238. The second-order valence-electron chi connectivity index (χ2n) is 6.84. The predicted octanol–water partition coefficient (Wildman–Crippen LogP) is 4.00. The summed E-state index contributed by atoms with van der Waals surface area (Å²) in [4.78, 5) is 24.6. The number of aromatic nitrogens is 3. The monoisotopic (exact) mass is 443 g/mol. The van der Waals surface area contributed by atoms with E-state index in [1.54, 1.807) is 35.9 Å². The van der Waals surface area contributed by atoms with Crippen molar-refractivity contribution < 1.29 is 9.59 Å². The summed E-state index contributed by atoms with van der Waals surface area (Å²) in [6.07, 6.45) is 0.0917. The average molecular weight is 444 g/mol. The molecule has 3 aromatic rings. The first kappa shape index (κ1) is 21.9. The molecule has 0 unspecified atom stereocenters. The van der Waals surface area contributed by atoms with E-state index < -0.39 is 0 Å². The van der Waals surface area contributed by atoms with Gasteiger partial charge in [-0.15, -0.1) is 10.2 Å². The quantitative estimate of drug-likeness (QED) is 0.539. The van der Waals surface area contributed by atoms with Gasteiger partial charge in [-0.25, -0.2) is 0 Å². The molecule has 0 aliphatic rings. The molecule has 0 saturated heterocycles. The zero-order valence-corrected chi connectivity index (χ0v) is 18.5. The highest BCUT2D eigenvalue weighted by molar-refractivity contribution is 7.99. The molecule has 7 nitrogen and oxygen atoms in total. The molecule has 0 atom stereocenters. The van der Waals surface area contributed by atoms with Crippen molar-refractivity contribution in [2.45, 2.75) is 25.4 Å². The van der Waals surface area contributed by atoms with Crippen LogP contribution in [0.5, 0.6) is 0 Å². The van der Waals surface area contributed by atoms with Crippen molar-refractivity contribution in [3.8, 4) is 0 Å². The first-order valence-electron chi connectivity index (χ1n) is 9.25. The Labute approximate surface area is 184 Å². The third kappa shape index (κ3) is 5.84. The highest BCUT2D eigenvalue weighted by Gasteiger charge is 2.15. The van der Waals surface area contributed by atoms with Crippen LogP contribution in [0.2, 0.25) is 5.02 Å². The van der Waals surface area contributed by atoms with Gasteiger partial charge in [-0.05, 0) is 55.3 Å². The highest BCUT2D eigenvalue weighted by atomic mass is 35.5. The fourth-order valence-corrected chi connectivity index (χ4v) is 3.55. The van der Waals surface area contributed by atoms with Crippen molar-refractivity contribution in [1.29, 1.82) is 0 Å². The summed E-state index contributed by atoms with van der Waals surface area (Å²) in [5.74, 6) is 0.359. The Balaban J connectivity index is 1.54. The van der Waals surface area contributed by atoms with E-state index in [4.69, 9.17) is 11.6 Å². The van der Waals surface area contributed by atoms with Gasteiger partial charge in [0.15, 0.2) is 5.16 Å². The molecule has 2 amide bonds. The molecule has 0 radical (unpaired) electrons. The van der Waals surface area contributed by atoms with E-state index in [9.17, 15) is 9.59 Å². The van der Waals surface area contributed by atoms with Crippen LogP contribution in [0, 0.1) is 13.8 Å². The number of nitrogens with zero attached hydrogens (tertiary/aromatic N) is 3. The first-order chi connectivity index (χ1) is 14.3. The van der Waals surface area contributed by atoms with E-state index in [0.717, 1.165) is 16.8 Å². The van der Waals surface area contributed by atoms with Crippen molar-refractivity contribution >= 4 is 46.6 Å². The number of hydrogen-bond donors (Lipinski definition) is 2. The molecule has 0 spiro atoms.